The number of benzene rings is 1. The minimum atomic E-state index is -3.59. The normalized spacial score (nSPS) is 18.2. The van der Waals surface area contributed by atoms with Gasteiger partial charge >= 0.3 is 0 Å². The predicted octanol–water partition coefficient (Wildman–Crippen LogP) is 2.70. The summed E-state index contributed by atoms with van der Waals surface area (Å²) in [7, 11) is -3.59. The molecule has 1 saturated carbocycles. The number of aromatic nitrogens is 1. The summed E-state index contributed by atoms with van der Waals surface area (Å²) in [5.74, 6) is 0.302. The molecule has 2 N–H and O–H groups in total. The van der Waals surface area contributed by atoms with E-state index in [1.165, 1.54) is 0 Å². The van der Waals surface area contributed by atoms with Gasteiger partial charge in [-0.15, -0.1) is 0 Å². The molecule has 0 bridgehead atoms. The Labute approximate surface area is 143 Å². The molecule has 1 atom stereocenters. The Morgan fingerprint density at radius 2 is 2.12 bits per heavy atom. The fourth-order valence-electron chi connectivity index (χ4n) is 3.62. The van der Waals surface area contributed by atoms with E-state index in [0.717, 1.165) is 24.6 Å². The molecule has 1 aliphatic rings. The van der Waals surface area contributed by atoms with Gasteiger partial charge in [-0.1, -0.05) is 25.5 Å². The lowest BCUT2D eigenvalue weighted by Gasteiger charge is -2.46. The van der Waals surface area contributed by atoms with Gasteiger partial charge in [-0.2, -0.15) is 0 Å². The van der Waals surface area contributed by atoms with Gasteiger partial charge in [0.1, 0.15) is 0 Å². The van der Waals surface area contributed by atoms with Crippen LogP contribution >= 0.6 is 0 Å². The first-order valence-electron chi connectivity index (χ1n) is 8.42. The molecule has 24 heavy (non-hydrogen) atoms. The number of hydrogen-bond acceptors (Lipinski definition) is 4. The molecule has 0 amide bonds. The predicted molar refractivity (Wildman–Crippen MR) is 94.1 cm³/mol. The first-order chi connectivity index (χ1) is 11.5. The third-order valence-electron chi connectivity index (χ3n) is 5.50. The van der Waals surface area contributed by atoms with E-state index in [0.29, 0.717) is 29.2 Å². The molecule has 0 aliphatic heterocycles. The Balaban J connectivity index is 1.83. The zero-order valence-electron chi connectivity index (χ0n) is 13.9. The van der Waals surface area contributed by atoms with Crippen molar-refractivity contribution >= 4 is 20.8 Å². The van der Waals surface area contributed by atoms with Crippen LogP contribution in [0.4, 0.5) is 0 Å². The highest BCUT2D eigenvalue weighted by atomic mass is 32.2. The summed E-state index contributed by atoms with van der Waals surface area (Å²) in [6.45, 7) is 2.68. The van der Waals surface area contributed by atoms with Crippen LogP contribution in [-0.4, -0.2) is 31.7 Å². The molecule has 1 aromatic heterocycles. The van der Waals surface area contributed by atoms with Crippen LogP contribution in [0.15, 0.2) is 41.6 Å². The Kier molecular flexibility index (Phi) is 4.90. The summed E-state index contributed by atoms with van der Waals surface area (Å²) in [4.78, 5) is 4.35. The third kappa shape index (κ3) is 3.18. The van der Waals surface area contributed by atoms with Crippen LogP contribution < -0.4 is 4.72 Å². The van der Waals surface area contributed by atoms with Gasteiger partial charge in [0.15, 0.2) is 0 Å². The Morgan fingerprint density at radius 1 is 1.33 bits per heavy atom. The average Bonchev–Trinajstić information content (AvgIpc) is 2.53. The van der Waals surface area contributed by atoms with Crippen LogP contribution in [0.1, 0.15) is 32.6 Å². The van der Waals surface area contributed by atoms with E-state index in [-0.39, 0.29) is 12.0 Å². The number of hydrogen-bond donors (Lipinski definition) is 2. The molecule has 2 aromatic rings. The van der Waals surface area contributed by atoms with Crippen molar-refractivity contribution in [3.05, 3.63) is 36.7 Å². The van der Waals surface area contributed by atoms with E-state index in [1.54, 1.807) is 30.6 Å². The van der Waals surface area contributed by atoms with Gasteiger partial charge in [-0.25, -0.2) is 13.1 Å². The van der Waals surface area contributed by atoms with Crippen molar-refractivity contribution in [3.63, 3.8) is 0 Å². The van der Waals surface area contributed by atoms with E-state index >= 15 is 0 Å². The monoisotopic (exact) mass is 348 g/mol. The lowest BCUT2D eigenvalue weighted by molar-refractivity contribution is 0.0487. The van der Waals surface area contributed by atoms with Crippen molar-refractivity contribution in [1.82, 2.24) is 9.71 Å². The highest BCUT2D eigenvalue weighted by Gasteiger charge is 2.42. The minimum absolute atomic E-state index is 0.0259. The first kappa shape index (κ1) is 17.3. The summed E-state index contributed by atoms with van der Waals surface area (Å²) in [6.07, 6.45) is 7.13. The Bertz CT molecular complexity index is 811. The highest BCUT2D eigenvalue weighted by molar-refractivity contribution is 7.89. The molecule has 3 rings (SSSR count). The third-order valence-corrected chi connectivity index (χ3v) is 6.96. The molecule has 0 radical (unpaired) electrons. The summed E-state index contributed by atoms with van der Waals surface area (Å²) in [6, 6.07) is 6.97. The van der Waals surface area contributed by atoms with Crippen molar-refractivity contribution < 1.29 is 13.5 Å². The van der Waals surface area contributed by atoms with E-state index < -0.39 is 10.0 Å². The summed E-state index contributed by atoms with van der Waals surface area (Å²) in [5.41, 5.74) is -0.0259. The zero-order chi connectivity index (χ0) is 17.2. The smallest absolute Gasteiger partial charge is 0.241 e. The van der Waals surface area contributed by atoms with Crippen molar-refractivity contribution in [2.75, 3.05) is 13.2 Å². The number of fused-ring (bicyclic) bond motifs is 1. The van der Waals surface area contributed by atoms with E-state index in [2.05, 4.69) is 16.6 Å². The van der Waals surface area contributed by atoms with E-state index in [1.807, 2.05) is 6.07 Å². The van der Waals surface area contributed by atoms with Crippen LogP contribution in [-0.2, 0) is 10.0 Å². The molecular weight excluding hydrogens is 324 g/mol. The van der Waals surface area contributed by atoms with E-state index in [4.69, 9.17) is 0 Å². The zero-order valence-corrected chi connectivity index (χ0v) is 14.7. The fraction of sp³-hybridized carbons (Fsp3) is 0.500. The number of rotatable bonds is 7. The van der Waals surface area contributed by atoms with Crippen LogP contribution in [0.2, 0.25) is 0 Å². The minimum Gasteiger partial charge on any atom is -0.396 e. The van der Waals surface area contributed by atoms with Gasteiger partial charge in [0.25, 0.3) is 0 Å². The second-order valence-electron chi connectivity index (χ2n) is 6.81. The summed E-state index contributed by atoms with van der Waals surface area (Å²) < 4.78 is 28.5. The maximum atomic E-state index is 12.8. The maximum Gasteiger partial charge on any atom is 0.241 e. The van der Waals surface area contributed by atoms with Gasteiger partial charge in [0.05, 0.1) is 4.90 Å². The van der Waals surface area contributed by atoms with Gasteiger partial charge in [-0.3, -0.25) is 4.98 Å². The lowest BCUT2D eigenvalue weighted by Crippen LogP contribution is -2.46. The topological polar surface area (TPSA) is 79.3 Å². The molecule has 130 valence electrons. The number of pyridine rings is 1. The molecule has 1 fully saturated rings. The maximum absolute atomic E-state index is 12.8. The van der Waals surface area contributed by atoms with Gasteiger partial charge < -0.3 is 5.11 Å². The molecule has 0 unspecified atom stereocenters. The number of nitrogens with one attached hydrogen (secondary N) is 1. The van der Waals surface area contributed by atoms with Crippen LogP contribution in [0.25, 0.3) is 10.8 Å². The molecule has 0 saturated heterocycles. The van der Waals surface area contributed by atoms with Gasteiger partial charge in [-0.05, 0) is 42.7 Å². The quantitative estimate of drug-likeness (QED) is 0.806. The molecule has 0 spiro atoms. The average molecular weight is 348 g/mol. The number of aliphatic hydroxyl groups is 1. The molecule has 5 nitrogen and oxygen atoms in total. The molecule has 1 heterocycles. The first-order valence-corrected chi connectivity index (χ1v) is 9.90. The van der Waals surface area contributed by atoms with Crippen LogP contribution in [0.5, 0.6) is 0 Å². The Morgan fingerprint density at radius 3 is 2.79 bits per heavy atom. The van der Waals surface area contributed by atoms with E-state index in [9.17, 15) is 13.5 Å². The molecule has 1 aromatic carbocycles. The summed E-state index contributed by atoms with van der Waals surface area (Å²) >= 11 is 0. The lowest BCUT2D eigenvalue weighted by atomic mass is 9.61. The SMILES string of the molecule is C[C@H](CCO)C1(CNS(=O)(=O)c2cccc3cnccc23)CCC1. The number of nitrogens with zero attached hydrogens (tertiary/aromatic N) is 1. The standard InChI is InChI=1S/C18H24N2O3S/c1-14(7-11-21)18(8-3-9-18)13-20-24(22,23)17-5-2-4-15-12-19-10-6-16(15)17/h2,4-6,10,12,14,20-21H,3,7-9,11,13H2,1H3/t14-/m1/s1. The number of aliphatic hydroxyl groups excluding tert-OH is 1. The second-order valence-corrected chi connectivity index (χ2v) is 8.54. The molecule has 1 aliphatic carbocycles. The second kappa shape index (κ2) is 6.78. The van der Waals surface area contributed by atoms with Gasteiger partial charge in [0.2, 0.25) is 10.0 Å². The largest absolute Gasteiger partial charge is 0.396 e. The molecular formula is C18H24N2O3S. The summed E-state index contributed by atoms with van der Waals surface area (Å²) in [5, 5.41) is 10.7. The highest BCUT2D eigenvalue weighted by Crippen LogP contribution is 2.48. The van der Waals surface area contributed by atoms with Crippen molar-refractivity contribution in [2.45, 2.75) is 37.5 Å². The van der Waals surface area contributed by atoms with Crippen molar-refractivity contribution in [2.24, 2.45) is 11.3 Å². The fourth-order valence-corrected chi connectivity index (χ4v) is 4.98. The Hall–Kier alpha value is -1.50. The van der Waals surface area contributed by atoms with Crippen molar-refractivity contribution in [1.29, 1.82) is 0 Å². The van der Waals surface area contributed by atoms with Gasteiger partial charge in [0, 0.05) is 36.3 Å². The van der Waals surface area contributed by atoms with Crippen LogP contribution in [0.3, 0.4) is 0 Å². The molecule has 6 heteroatoms. The van der Waals surface area contributed by atoms with Crippen LogP contribution in [0, 0.1) is 11.3 Å². The van der Waals surface area contributed by atoms with Crippen molar-refractivity contribution in [3.8, 4) is 0 Å². The number of sulfonamides is 1.